The van der Waals surface area contributed by atoms with Crippen LogP contribution in [0.3, 0.4) is 0 Å². The standard InChI is InChI=1S/C17H22N2S/c1-2-19-17(12-18)9-8-16(11-17)20-15-7-6-13-4-3-5-14(13)10-15/h6-7,10,16,19H,2-5,8-9,11H2,1H3. The summed E-state index contributed by atoms with van der Waals surface area (Å²) >= 11 is 1.97. The minimum Gasteiger partial charge on any atom is -0.300 e. The number of aryl methyl sites for hydroxylation is 2. The normalized spacial score (nSPS) is 28.3. The Balaban J connectivity index is 1.66. The fourth-order valence-electron chi connectivity index (χ4n) is 3.55. The van der Waals surface area contributed by atoms with Crippen LogP contribution in [0.4, 0.5) is 0 Å². The number of benzene rings is 1. The molecule has 0 bridgehead atoms. The second-order valence-corrected chi connectivity index (χ2v) is 7.36. The molecule has 2 nitrogen and oxygen atoms in total. The zero-order valence-corrected chi connectivity index (χ0v) is 12.9. The molecule has 3 rings (SSSR count). The van der Waals surface area contributed by atoms with Crippen LogP contribution in [-0.4, -0.2) is 17.3 Å². The van der Waals surface area contributed by atoms with Crippen molar-refractivity contribution in [2.24, 2.45) is 0 Å². The van der Waals surface area contributed by atoms with Crippen molar-refractivity contribution in [2.45, 2.75) is 61.1 Å². The topological polar surface area (TPSA) is 35.8 Å². The largest absolute Gasteiger partial charge is 0.300 e. The van der Waals surface area contributed by atoms with Crippen molar-refractivity contribution in [3.05, 3.63) is 29.3 Å². The number of nitrogens with zero attached hydrogens (tertiary/aromatic N) is 1. The van der Waals surface area contributed by atoms with Gasteiger partial charge in [0.15, 0.2) is 0 Å². The van der Waals surface area contributed by atoms with Gasteiger partial charge in [-0.1, -0.05) is 13.0 Å². The van der Waals surface area contributed by atoms with E-state index in [1.54, 1.807) is 11.1 Å². The fraction of sp³-hybridized carbons (Fsp3) is 0.588. The molecule has 106 valence electrons. The zero-order chi connectivity index (χ0) is 14.0. The molecule has 1 aromatic carbocycles. The van der Waals surface area contributed by atoms with Gasteiger partial charge in [0.05, 0.1) is 6.07 Å². The molecule has 2 aliphatic rings. The molecule has 3 heteroatoms. The van der Waals surface area contributed by atoms with E-state index in [1.165, 1.54) is 24.2 Å². The van der Waals surface area contributed by atoms with E-state index in [2.05, 4.69) is 36.5 Å². The highest BCUT2D eigenvalue weighted by Crippen LogP contribution is 2.40. The second kappa shape index (κ2) is 5.79. The maximum atomic E-state index is 9.44. The van der Waals surface area contributed by atoms with E-state index in [4.69, 9.17) is 0 Å². The lowest BCUT2D eigenvalue weighted by Gasteiger charge is -2.21. The van der Waals surface area contributed by atoms with E-state index in [1.807, 2.05) is 11.8 Å². The van der Waals surface area contributed by atoms with Crippen molar-refractivity contribution >= 4 is 11.8 Å². The van der Waals surface area contributed by atoms with Gasteiger partial charge in [-0.25, -0.2) is 0 Å². The van der Waals surface area contributed by atoms with Gasteiger partial charge in [0.1, 0.15) is 5.54 Å². The molecule has 0 heterocycles. The quantitative estimate of drug-likeness (QED) is 0.917. The molecule has 2 atom stereocenters. The third-order valence-corrected chi connectivity index (χ3v) is 5.83. The average Bonchev–Trinajstić information content (AvgIpc) is 3.06. The van der Waals surface area contributed by atoms with Gasteiger partial charge in [0.2, 0.25) is 0 Å². The van der Waals surface area contributed by atoms with E-state index < -0.39 is 0 Å². The van der Waals surface area contributed by atoms with Crippen LogP contribution in [0.25, 0.3) is 0 Å². The molecule has 0 aromatic heterocycles. The molecule has 0 amide bonds. The van der Waals surface area contributed by atoms with Gasteiger partial charge in [0, 0.05) is 10.1 Å². The minimum atomic E-state index is -0.275. The van der Waals surface area contributed by atoms with Crippen LogP contribution < -0.4 is 5.32 Å². The number of hydrogen-bond acceptors (Lipinski definition) is 3. The predicted octanol–water partition coefficient (Wildman–Crippen LogP) is 3.69. The zero-order valence-electron chi connectivity index (χ0n) is 12.1. The highest BCUT2D eigenvalue weighted by molar-refractivity contribution is 8.00. The van der Waals surface area contributed by atoms with Gasteiger partial charge < -0.3 is 0 Å². The monoisotopic (exact) mass is 286 g/mol. The first-order chi connectivity index (χ1) is 9.74. The Hall–Kier alpha value is -0.980. The molecule has 20 heavy (non-hydrogen) atoms. The number of rotatable bonds is 4. The van der Waals surface area contributed by atoms with Gasteiger partial charge >= 0.3 is 0 Å². The van der Waals surface area contributed by atoms with Gasteiger partial charge in [0.25, 0.3) is 0 Å². The Bertz CT molecular complexity index is 534. The Morgan fingerprint density at radius 2 is 2.25 bits per heavy atom. The van der Waals surface area contributed by atoms with Crippen molar-refractivity contribution < 1.29 is 0 Å². The summed E-state index contributed by atoms with van der Waals surface area (Å²) in [6, 6.07) is 9.47. The highest BCUT2D eigenvalue weighted by atomic mass is 32.2. The summed E-state index contributed by atoms with van der Waals surface area (Å²) in [5.41, 5.74) is 2.81. The van der Waals surface area contributed by atoms with Gasteiger partial charge in [-0.2, -0.15) is 5.26 Å². The Morgan fingerprint density at radius 1 is 1.40 bits per heavy atom. The third-order valence-electron chi connectivity index (χ3n) is 4.57. The fourth-order valence-corrected chi connectivity index (χ4v) is 4.90. The molecule has 0 radical (unpaired) electrons. The average molecular weight is 286 g/mol. The van der Waals surface area contributed by atoms with E-state index >= 15 is 0 Å². The summed E-state index contributed by atoms with van der Waals surface area (Å²) in [7, 11) is 0. The molecule has 1 aromatic rings. The van der Waals surface area contributed by atoms with Crippen LogP contribution in [0.2, 0.25) is 0 Å². The smallest absolute Gasteiger partial charge is 0.107 e. The first-order valence-electron chi connectivity index (χ1n) is 7.69. The molecule has 1 N–H and O–H groups in total. The number of nitrogens with one attached hydrogen (secondary N) is 1. The summed E-state index contributed by atoms with van der Waals surface area (Å²) in [6.45, 7) is 2.96. The van der Waals surface area contributed by atoms with Crippen molar-refractivity contribution in [2.75, 3.05) is 6.54 Å². The number of thioether (sulfide) groups is 1. The summed E-state index contributed by atoms with van der Waals surface area (Å²) < 4.78 is 0. The van der Waals surface area contributed by atoms with E-state index in [0.717, 1.165) is 25.8 Å². The molecule has 2 unspecified atom stereocenters. The molecule has 1 fully saturated rings. The van der Waals surface area contributed by atoms with Crippen molar-refractivity contribution in [3.63, 3.8) is 0 Å². The van der Waals surface area contributed by atoms with E-state index in [9.17, 15) is 5.26 Å². The molecule has 0 saturated heterocycles. The lowest BCUT2D eigenvalue weighted by Crippen LogP contribution is -2.41. The van der Waals surface area contributed by atoms with Gasteiger partial charge in [-0.05, 0) is 68.3 Å². The lowest BCUT2D eigenvalue weighted by molar-refractivity contribution is 0.436. The maximum absolute atomic E-state index is 9.44. The van der Waals surface area contributed by atoms with Crippen LogP contribution in [0.1, 0.15) is 43.7 Å². The van der Waals surface area contributed by atoms with Crippen molar-refractivity contribution in [1.82, 2.24) is 5.32 Å². The first kappa shape index (κ1) is 14.0. The van der Waals surface area contributed by atoms with Crippen LogP contribution >= 0.6 is 11.8 Å². The second-order valence-electron chi connectivity index (χ2n) is 5.99. The predicted molar refractivity (Wildman–Crippen MR) is 84.0 cm³/mol. The first-order valence-corrected chi connectivity index (χ1v) is 8.57. The molecule has 0 aliphatic heterocycles. The highest BCUT2D eigenvalue weighted by Gasteiger charge is 2.39. The Labute approximate surface area is 125 Å². The van der Waals surface area contributed by atoms with E-state index in [-0.39, 0.29) is 5.54 Å². The summed E-state index contributed by atoms with van der Waals surface area (Å²) in [5, 5.41) is 13.4. The van der Waals surface area contributed by atoms with Crippen LogP contribution in [-0.2, 0) is 12.8 Å². The maximum Gasteiger partial charge on any atom is 0.107 e. The Morgan fingerprint density at radius 3 is 3.05 bits per heavy atom. The molecular formula is C17H22N2S. The summed E-state index contributed by atoms with van der Waals surface area (Å²) in [5.74, 6) is 0. The van der Waals surface area contributed by atoms with Crippen molar-refractivity contribution in [1.29, 1.82) is 5.26 Å². The van der Waals surface area contributed by atoms with E-state index in [0.29, 0.717) is 5.25 Å². The lowest BCUT2D eigenvalue weighted by atomic mass is 10.0. The van der Waals surface area contributed by atoms with Gasteiger partial charge in [-0.3, -0.25) is 5.32 Å². The molecule has 1 saturated carbocycles. The van der Waals surface area contributed by atoms with Crippen LogP contribution in [0.15, 0.2) is 23.1 Å². The third kappa shape index (κ3) is 2.73. The number of fused-ring (bicyclic) bond motifs is 1. The number of hydrogen-bond donors (Lipinski definition) is 1. The minimum absolute atomic E-state index is 0.275. The SMILES string of the molecule is CCNC1(C#N)CCC(Sc2ccc3c(c2)CCC3)C1. The van der Waals surface area contributed by atoms with Crippen molar-refractivity contribution in [3.8, 4) is 6.07 Å². The summed E-state index contributed by atoms with van der Waals surface area (Å²) in [6.07, 6.45) is 6.90. The van der Waals surface area contributed by atoms with Gasteiger partial charge in [-0.15, -0.1) is 11.8 Å². The molecular weight excluding hydrogens is 264 g/mol. The molecule has 2 aliphatic carbocycles. The number of nitriles is 1. The Kier molecular flexibility index (Phi) is 4.05. The van der Waals surface area contributed by atoms with Crippen LogP contribution in [0, 0.1) is 11.3 Å². The van der Waals surface area contributed by atoms with Crippen LogP contribution in [0.5, 0.6) is 0 Å². The summed E-state index contributed by atoms with van der Waals surface area (Å²) in [4.78, 5) is 1.39. The molecule has 0 spiro atoms.